The van der Waals surface area contributed by atoms with Gasteiger partial charge in [0, 0.05) is 12.6 Å². The Hall–Kier alpha value is -1.26. The zero-order valence-electron chi connectivity index (χ0n) is 7.19. The molecule has 0 radical (unpaired) electrons. The van der Waals surface area contributed by atoms with Crippen LogP contribution in [0.5, 0.6) is 0 Å². The van der Waals surface area contributed by atoms with E-state index in [0.717, 1.165) is 12.8 Å². The fourth-order valence-electron chi connectivity index (χ4n) is 2.19. The number of carbonyl (C=O) groups excluding carboxylic acids is 1. The molecule has 0 saturated carbocycles. The molecular formula is C8H12N2O3. The first kappa shape index (κ1) is 8.34. The molecular weight excluding hydrogens is 172 g/mol. The van der Waals surface area contributed by atoms with Crippen molar-refractivity contribution in [3.63, 3.8) is 0 Å². The average molecular weight is 184 g/mol. The van der Waals surface area contributed by atoms with E-state index in [1.807, 2.05) is 0 Å². The van der Waals surface area contributed by atoms with Crippen molar-refractivity contribution in [2.75, 3.05) is 6.54 Å². The minimum atomic E-state index is -0.968. The molecule has 2 unspecified atom stereocenters. The molecule has 13 heavy (non-hydrogen) atoms. The Bertz CT molecular complexity index is 254. The number of rotatable bonds is 0. The second-order valence-corrected chi connectivity index (χ2v) is 3.52. The topological polar surface area (TPSA) is 69.6 Å². The third kappa shape index (κ3) is 1.24. The Balaban J connectivity index is 2.25. The van der Waals surface area contributed by atoms with E-state index in [2.05, 4.69) is 5.32 Å². The van der Waals surface area contributed by atoms with Crippen LogP contribution in [-0.4, -0.2) is 40.6 Å². The van der Waals surface area contributed by atoms with Gasteiger partial charge >= 0.3 is 6.09 Å². The van der Waals surface area contributed by atoms with Crippen LogP contribution in [0, 0.1) is 0 Å². The number of amides is 2. The summed E-state index contributed by atoms with van der Waals surface area (Å²) in [7, 11) is 0. The maximum absolute atomic E-state index is 11.4. The highest BCUT2D eigenvalue weighted by atomic mass is 16.4. The van der Waals surface area contributed by atoms with E-state index in [1.54, 1.807) is 0 Å². The van der Waals surface area contributed by atoms with Gasteiger partial charge in [-0.1, -0.05) is 0 Å². The van der Waals surface area contributed by atoms with Crippen LogP contribution in [0.15, 0.2) is 0 Å². The lowest BCUT2D eigenvalue weighted by Gasteiger charge is -2.22. The van der Waals surface area contributed by atoms with E-state index in [9.17, 15) is 9.59 Å². The zero-order chi connectivity index (χ0) is 9.42. The number of nitrogens with one attached hydrogen (secondary N) is 1. The third-order valence-electron chi connectivity index (χ3n) is 2.80. The van der Waals surface area contributed by atoms with Gasteiger partial charge in [0.2, 0.25) is 5.91 Å². The molecule has 0 spiro atoms. The molecule has 2 rings (SSSR count). The lowest BCUT2D eigenvalue weighted by molar-refractivity contribution is -0.124. The van der Waals surface area contributed by atoms with Gasteiger partial charge in [-0.3, -0.25) is 9.69 Å². The van der Waals surface area contributed by atoms with E-state index in [1.165, 1.54) is 4.90 Å². The number of carbonyl (C=O) groups is 2. The fourth-order valence-corrected chi connectivity index (χ4v) is 2.19. The molecule has 0 aromatic heterocycles. The standard InChI is InChI=1S/C8H12N2O3/c11-7-6-2-1-5(3-4-9-7)10(6)8(12)13/h5-6H,1-4H2,(H,9,11)(H,12,13). The van der Waals surface area contributed by atoms with Gasteiger partial charge in [0.15, 0.2) is 0 Å². The van der Waals surface area contributed by atoms with E-state index >= 15 is 0 Å². The van der Waals surface area contributed by atoms with Gasteiger partial charge in [-0.05, 0) is 19.3 Å². The van der Waals surface area contributed by atoms with Gasteiger partial charge in [-0.2, -0.15) is 0 Å². The summed E-state index contributed by atoms with van der Waals surface area (Å²) in [6.45, 7) is 0.601. The van der Waals surface area contributed by atoms with Crippen LogP contribution >= 0.6 is 0 Å². The molecule has 0 aromatic rings. The van der Waals surface area contributed by atoms with Crippen LogP contribution in [0.25, 0.3) is 0 Å². The van der Waals surface area contributed by atoms with Gasteiger partial charge in [-0.15, -0.1) is 0 Å². The predicted octanol–water partition coefficient (Wildman–Crippen LogP) is 0.0173. The second-order valence-electron chi connectivity index (χ2n) is 3.52. The fraction of sp³-hybridized carbons (Fsp3) is 0.750. The van der Waals surface area contributed by atoms with Gasteiger partial charge in [-0.25, -0.2) is 4.79 Å². The molecule has 2 bridgehead atoms. The lowest BCUT2D eigenvalue weighted by atomic mass is 10.1. The van der Waals surface area contributed by atoms with Crippen LogP contribution in [-0.2, 0) is 4.79 Å². The Morgan fingerprint density at radius 3 is 2.92 bits per heavy atom. The van der Waals surface area contributed by atoms with Crippen LogP contribution in [0.2, 0.25) is 0 Å². The van der Waals surface area contributed by atoms with Crippen molar-refractivity contribution in [3.05, 3.63) is 0 Å². The normalized spacial score (nSPS) is 32.6. The molecule has 2 amide bonds. The SMILES string of the molecule is O=C1NCCC2CCC1N2C(=O)O. The molecule has 2 N–H and O–H groups in total. The van der Waals surface area contributed by atoms with Crippen molar-refractivity contribution in [1.29, 1.82) is 0 Å². The molecule has 5 nitrogen and oxygen atoms in total. The molecule has 0 aliphatic carbocycles. The number of fused-ring (bicyclic) bond motifs is 2. The predicted molar refractivity (Wildman–Crippen MR) is 44.3 cm³/mol. The average Bonchev–Trinajstić information content (AvgIpc) is 2.39. The third-order valence-corrected chi connectivity index (χ3v) is 2.80. The molecule has 2 saturated heterocycles. The van der Waals surface area contributed by atoms with Crippen LogP contribution in [0.1, 0.15) is 19.3 Å². The first-order valence-corrected chi connectivity index (χ1v) is 4.49. The maximum atomic E-state index is 11.4. The Kier molecular flexibility index (Phi) is 1.86. The highest BCUT2D eigenvalue weighted by Crippen LogP contribution is 2.28. The van der Waals surface area contributed by atoms with Crippen LogP contribution in [0.4, 0.5) is 4.79 Å². The summed E-state index contributed by atoms with van der Waals surface area (Å²) in [5.41, 5.74) is 0. The smallest absolute Gasteiger partial charge is 0.408 e. The Morgan fingerprint density at radius 1 is 1.46 bits per heavy atom. The Labute approximate surface area is 75.7 Å². The van der Waals surface area contributed by atoms with Gasteiger partial charge in [0.1, 0.15) is 6.04 Å². The number of carboxylic acid groups (broad SMARTS) is 1. The highest BCUT2D eigenvalue weighted by Gasteiger charge is 2.42. The van der Waals surface area contributed by atoms with E-state index in [-0.39, 0.29) is 11.9 Å². The largest absolute Gasteiger partial charge is 0.465 e. The number of hydrogen-bond acceptors (Lipinski definition) is 2. The van der Waals surface area contributed by atoms with Gasteiger partial charge in [0.25, 0.3) is 0 Å². The summed E-state index contributed by atoms with van der Waals surface area (Å²) >= 11 is 0. The zero-order valence-corrected chi connectivity index (χ0v) is 7.19. The summed E-state index contributed by atoms with van der Waals surface area (Å²) in [5, 5.41) is 11.6. The van der Waals surface area contributed by atoms with E-state index < -0.39 is 12.1 Å². The molecule has 2 atom stereocenters. The summed E-state index contributed by atoms with van der Waals surface area (Å²) in [6.07, 6.45) is 1.27. The van der Waals surface area contributed by atoms with Crippen molar-refractivity contribution >= 4 is 12.0 Å². The number of nitrogens with zero attached hydrogens (tertiary/aromatic N) is 1. The summed E-state index contributed by atoms with van der Waals surface area (Å²) in [6, 6.07) is -0.397. The molecule has 0 aromatic carbocycles. The van der Waals surface area contributed by atoms with Crippen molar-refractivity contribution in [2.24, 2.45) is 0 Å². The molecule has 2 heterocycles. The van der Waals surface area contributed by atoms with Crippen molar-refractivity contribution in [1.82, 2.24) is 10.2 Å². The van der Waals surface area contributed by atoms with E-state index in [0.29, 0.717) is 13.0 Å². The molecule has 72 valence electrons. The lowest BCUT2D eigenvalue weighted by Crippen LogP contribution is -2.44. The van der Waals surface area contributed by atoms with Crippen molar-refractivity contribution in [2.45, 2.75) is 31.3 Å². The second kappa shape index (κ2) is 2.90. The van der Waals surface area contributed by atoms with Crippen LogP contribution in [0.3, 0.4) is 0 Å². The van der Waals surface area contributed by atoms with Gasteiger partial charge in [0.05, 0.1) is 0 Å². The van der Waals surface area contributed by atoms with Gasteiger partial charge < -0.3 is 10.4 Å². The number of hydrogen-bond donors (Lipinski definition) is 2. The van der Waals surface area contributed by atoms with E-state index in [4.69, 9.17) is 5.11 Å². The van der Waals surface area contributed by atoms with Crippen LogP contribution < -0.4 is 5.32 Å². The summed E-state index contributed by atoms with van der Waals surface area (Å²) in [5.74, 6) is -0.137. The summed E-state index contributed by atoms with van der Waals surface area (Å²) in [4.78, 5) is 23.5. The minimum absolute atomic E-state index is 0.0430. The minimum Gasteiger partial charge on any atom is -0.465 e. The van der Waals surface area contributed by atoms with Crippen molar-refractivity contribution < 1.29 is 14.7 Å². The Morgan fingerprint density at radius 2 is 2.23 bits per heavy atom. The first-order valence-electron chi connectivity index (χ1n) is 4.49. The first-order chi connectivity index (χ1) is 6.20. The molecule has 2 aliphatic rings. The highest BCUT2D eigenvalue weighted by molar-refractivity contribution is 5.86. The van der Waals surface area contributed by atoms with Crippen molar-refractivity contribution in [3.8, 4) is 0 Å². The quantitative estimate of drug-likeness (QED) is 0.557. The monoisotopic (exact) mass is 184 g/mol. The molecule has 2 fully saturated rings. The maximum Gasteiger partial charge on any atom is 0.408 e. The summed E-state index contributed by atoms with van der Waals surface area (Å²) < 4.78 is 0. The molecule has 5 heteroatoms. The molecule has 2 aliphatic heterocycles.